The maximum absolute atomic E-state index is 13.6. The van der Waals surface area contributed by atoms with Crippen molar-refractivity contribution in [3.8, 4) is 0 Å². The van der Waals surface area contributed by atoms with E-state index in [1.54, 1.807) is 12.0 Å². The number of halogens is 1. The number of hydrogen-bond donors (Lipinski definition) is 0. The molecule has 5 nitrogen and oxygen atoms in total. The molecule has 0 saturated carbocycles. The van der Waals surface area contributed by atoms with E-state index >= 15 is 0 Å². The second-order valence-electron chi connectivity index (χ2n) is 7.43. The van der Waals surface area contributed by atoms with E-state index < -0.39 is 6.04 Å². The summed E-state index contributed by atoms with van der Waals surface area (Å²) in [5, 5.41) is 0.544. The molecule has 1 aliphatic rings. The lowest BCUT2D eigenvalue weighted by Gasteiger charge is -2.25. The summed E-state index contributed by atoms with van der Waals surface area (Å²) in [6.45, 7) is 4.86. The lowest BCUT2D eigenvalue weighted by Crippen LogP contribution is -2.31. The third-order valence-electron chi connectivity index (χ3n) is 5.35. The number of rotatable bonds is 5. The van der Waals surface area contributed by atoms with Gasteiger partial charge in [-0.25, -0.2) is 0 Å². The first-order valence-electron chi connectivity index (χ1n) is 9.55. The third-order valence-corrected chi connectivity index (χ3v) is 5.87. The Bertz CT molecular complexity index is 1150. The molecular formula is C23H22BrNO4. The van der Waals surface area contributed by atoms with Gasteiger partial charge in [0.1, 0.15) is 5.58 Å². The van der Waals surface area contributed by atoms with Gasteiger partial charge in [0, 0.05) is 24.7 Å². The summed E-state index contributed by atoms with van der Waals surface area (Å²) in [5.41, 5.74) is 3.49. The number of carbonyl (C=O) groups excluding carboxylic acids is 1. The van der Waals surface area contributed by atoms with E-state index in [4.69, 9.17) is 9.15 Å². The lowest BCUT2D eigenvalue weighted by molar-refractivity contribution is 0.0708. The Kier molecular flexibility index (Phi) is 5.32. The van der Waals surface area contributed by atoms with E-state index in [1.807, 2.05) is 50.2 Å². The van der Waals surface area contributed by atoms with Crippen molar-refractivity contribution in [3.63, 3.8) is 0 Å². The molecule has 0 bridgehead atoms. The van der Waals surface area contributed by atoms with Crippen molar-refractivity contribution < 1.29 is 13.9 Å². The molecule has 0 saturated heterocycles. The van der Waals surface area contributed by atoms with Crippen LogP contribution in [-0.4, -0.2) is 31.1 Å². The summed E-state index contributed by atoms with van der Waals surface area (Å²) in [5.74, 6) is -0.0972. The van der Waals surface area contributed by atoms with Crippen molar-refractivity contribution >= 4 is 32.8 Å². The van der Waals surface area contributed by atoms with Crippen molar-refractivity contribution in [1.29, 1.82) is 0 Å². The number of carbonyl (C=O) groups is 1. The van der Waals surface area contributed by atoms with Crippen molar-refractivity contribution in [3.05, 3.63) is 79.1 Å². The summed E-state index contributed by atoms with van der Waals surface area (Å²) < 4.78 is 12.1. The van der Waals surface area contributed by atoms with Crippen LogP contribution in [0.25, 0.3) is 11.0 Å². The summed E-state index contributed by atoms with van der Waals surface area (Å²) in [6, 6.07) is 11.0. The Labute approximate surface area is 177 Å². The molecule has 0 N–H and O–H groups in total. The molecule has 29 heavy (non-hydrogen) atoms. The number of nitrogens with zero attached hydrogens (tertiary/aromatic N) is 1. The predicted molar refractivity (Wildman–Crippen MR) is 115 cm³/mol. The van der Waals surface area contributed by atoms with E-state index in [0.717, 1.165) is 21.2 Å². The minimum absolute atomic E-state index is 0.130. The normalized spacial score (nSPS) is 15.9. The Balaban J connectivity index is 1.95. The van der Waals surface area contributed by atoms with Gasteiger partial charge in [-0.15, -0.1) is 0 Å². The first-order chi connectivity index (χ1) is 13.9. The van der Waals surface area contributed by atoms with Crippen molar-refractivity contribution in [2.75, 3.05) is 20.3 Å². The molecule has 0 aliphatic carbocycles. The first kappa shape index (κ1) is 19.9. The number of benzene rings is 2. The van der Waals surface area contributed by atoms with E-state index in [9.17, 15) is 9.59 Å². The van der Waals surface area contributed by atoms with Gasteiger partial charge < -0.3 is 14.1 Å². The standard InChI is InChI=1S/C23H22BrNO4/c1-13-11-14(2)18-17(12-13)29-22-19(21(18)26)20(15-5-7-16(24)8-6-15)25(23(22)27)9-4-10-28-3/h5-8,11-12,20H,4,9-10H2,1-3H3. The average Bonchev–Trinajstić information content (AvgIpc) is 2.95. The number of hydrogen-bond acceptors (Lipinski definition) is 4. The quantitative estimate of drug-likeness (QED) is 0.520. The van der Waals surface area contributed by atoms with Crippen LogP contribution in [-0.2, 0) is 4.74 Å². The molecule has 2 heterocycles. The summed E-state index contributed by atoms with van der Waals surface area (Å²) >= 11 is 3.45. The number of aryl methyl sites for hydroxylation is 2. The zero-order chi connectivity index (χ0) is 20.7. The van der Waals surface area contributed by atoms with E-state index in [1.165, 1.54) is 0 Å². The lowest BCUT2D eigenvalue weighted by atomic mass is 9.97. The molecule has 0 radical (unpaired) electrons. The molecule has 150 valence electrons. The Morgan fingerprint density at radius 2 is 1.86 bits per heavy atom. The maximum atomic E-state index is 13.6. The number of methoxy groups -OCH3 is 1. The predicted octanol–water partition coefficient (Wildman–Crippen LogP) is 4.75. The Hall–Kier alpha value is -2.44. The van der Waals surface area contributed by atoms with Gasteiger partial charge in [-0.3, -0.25) is 9.59 Å². The van der Waals surface area contributed by atoms with E-state index in [2.05, 4.69) is 15.9 Å². The Morgan fingerprint density at radius 3 is 2.55 bits per heavy atom. The molecule has 6 heteroatoms. The van der Waals surface area contributed by atoms with Crippen LogP contribution in [0, 0.1) is 13.8 Å². The largest absolute Gasteiger partial charge is 0.450 e. The van der Waals surface area contributed by atoms with Crippen molar-refractivity contribution in [2.45, 2.75) is 26.3 Å². The molecule has 1 aromatic heterocycles. The second kappa shape index (κ2) is 7.76. The number of amides is 1. The fourth-order valence-corrected chi connectivity index (χ4v) is 4.38. The summed E-state index contributed by atoms with van der Waals surface area (Å²) in [4.78, 5) is 28.5. The van der Waals surface area contributed by atoms with Crippen LogP contribution >= 0.6 is 15.9 Å². The summed E-state index contributed by atoms with van der Waals surface area (Å²) in [6.07, 6.45) is 0.676. The molecule has 1 aliphatic heterocycles. The second-order valence-corrected chi connectivity index (χ2v) is 8.34. The molecule has 1 atom stereocenters. The molecule has 3 aromatic rings. The van der Waals surface area contributed by atoms with Crippen LogP contribution < -0.4 is 5.43 Å². The SMILES string of the molecule is COCCCN1C(=O)c2oc3cc(C)cc(C)c3c(=O)c2C1c1ccc(Br)cc1. The van der Waals surface area contributed by atoms with Crippen LogP contribution in [0.5, 0.6) is 0 Å². The topological polar surface area (TPSA) is 59.8 Å². The summed E-state index contributed by atoms with van der Waals surface area (Å²) in [7, 11) is 1.63. The smallest absolute Gasteiger partial charge is 0.290 e. The molecule has 2 aromatic carbocycles. The first-order valence-corrected chi connectivity index (χ1v) is 10.3. The highest BCUT2D eigenvalue weighted by atomic mass is 79.9. The van der Waals surface area contributed by atoms with E-state index in [-0.39, 0.29) is 17.1 Å². The van der Waals surface area contributed by atoms with Crippen LogP contribution in [0.3, 0.4) is 0 Å². The van der Waals surface area contributed by atoms with Gasteiger partial charge in [-0.2, -0.15) is 0 Å². The van der Waals surface area contributed by atoms with Gasteiger partial charge in [-0.05, 0) is 55.2 Å². The van der Waals surface area contributed by atoms with Gasteiger partial charge in [-0.1, -0.05) is 34.1 Å². The van der Waals surface area contributed by atoms with Crippen molar-refractivity contribution in [1.82, 2.24) is 4.90 Å². The minimum Gasteiger partial charge on any atom is -0.450 e. The molecule has 1 amide bonds. The van der Waals surface area contributed by atoms with Crippen LogP contribution in [0.15, 0.2) is 50.1 Å². The van der Waals surface area contributed by atoms with Gasteiger partial charge >= 0.3 is 0 Å². The highest BCUT2D eigenvalue weighted by Crippen LogP contribution is 2.39. The van der Waals surface area contributed by atoms with E-state index in [0.29, 0.717) is 36.1 Å². The van der Waals surface area contributed by atoms with Crippen LogP contribution in [0.1, 0.15) is 45.3 Å². The van der Waals surface area contributed by atoms with Crippen LogP contribution in [0.4, 0.5) is 0 Å². The minimum atomic E-state index is -0.469. The number of fused-ring (bicyclic) bond motifs is 2. The average molecular weight is 456 g/mol. The fourth-order valence-electron chi connectivity index (χ4n) is 4.12. The Morgan fingerprint density at radius 1 is 1.14 bits per heavy atom. The highest BCUT2D eigenvalue weighted by Gasteiger charge is 2.42. The number of ether oxygens (including phenoxy) is 1. The zero-order valence-electron chi connectivity index (χ0n) is 16.6. The van der Waals surface area contributed by atoms with Gasteiger partial charge in [0.05, 0.1) is 17.0 Å². The van der Waals surface area contributed by atoms with Crippen LogP contribution in [0.2, 0.25) is 0 Å². The zero-order valence-corrected chi connectivity index (χ0v) is 18.2. The maximum Gasteiger partial charge on any atom is 0.290 e. The molecular weight excluding hydrogens is 434 g/mol. The molecule has 4 rings (SSSR count). The fraction of sp³-hybridized carbons (Fsp3) is 0.304. The van der Waals surface area contributed by atoms with Crippen molar-refractivity contribution in [2.24, 2.45) is 0 Å². The molecule has 1 unspecified atom stereocenters. The highest BCUT2D eigenvalue weighted by molar-refractivity contribution is 9.10. The van der Waals surface area contributed by atoms with Gasteiger partial charge in [0.25, 0.3) is 5.91 Å². The third kappa shape index (κ3) is 3.40. The molecule has 0 fully saturated rings. The molecule has 0 spiro atoms. The van der Waals surface area contributed by atoms with Gasteiger partial charge in [0.2, 0.25) is 5.76 Å². The van der Waals surface area contributed by atoms with Gasteiger partial charge in [0.15, 0.2) is 5.43 Å². The monoisotopic (exact) mass is 455 g/mol.